The summed E-state index contributed by atoms with van der Waals surface area (Å²) >= 11 is 8.22. The first-order valence-corrected chi connectivity index (χ1v) is 16.0. The first kappa shape index (κ1) is 44.0. The number of rotatable bonds is 14. The normalized spacial score (nSPS) is 10.6. The maximum atomic E-state index is 12.9. The molecule has 2 aromatic heterocycles. The van der Waals surface area contributed by atoms with E-state index in [2.05, 4.69) is 33.7 Å². The fourth-order valence-electron chi connectivity index (χ4n) is 3.92. The second-order valence-corrected chi connectivity index (χ2v) is 11.6. The number of ether oxygens (including phenoxy) is 3. The maximum Gasteiger partial charge on any atom is 0.267 e. The van der Waals surface area contributed by atoms with Crippen LogP contribution in [0.3, 0.4) is 0 Å². The van der Waals surface area contributed by atoms with Crippen molar-refractivity contribution >= 4 is 58.2 Å². The number of hydrogen-bond acceptors (Lipinski definition) is 8. The molecular weight excluding hydrogens is 641 g/mol. The van der Waals surface area contributed by atoms with Gasteiger partial charge in [-0.1, -0.05) is 48.6 Å². The minimum atomic E-state index is -0.446. The Morgan fingerprint density at radius 3 is 2.27 bits per heavy atom. The predicted molar refractivity (Wildman–Crippen MR) is 189 cm³/mol. The summed E-state index contributed by atoms with van der Waals surface area (Å²) in [7, 11) is 3.21. The molecule has 1 amide bonds. The molecule has 15 heteroatoms. The molecule has 4 aromatic rings. The number of carbonyl (C=O) groups is 1. The molecule has 0 spiro atoms. The van der Waals surface area contributed by atoms with Gasteiger partial charge < -0.3 is 57.1 Å². The molecule has 0 aliphatic carbocycles. The van der Waals surface area contributed by atoms with Crippen LogP contribution in [0.4, 0.5) is 5.69 Å². The molecule has 0 aliphatic heterocycles. The van der Waals surface area contributed by atoms with Gasteiger partial charge in [-0.15, -0.1) is 11.8 Å². The number of pyridine rings is 1. The first-order chi connectivity index (χ1) is 19.9. The highest BCUT2D eigenvalue weighted by Crippen LogP contribution is 2.28. The van der Waals surface area contributed by atoms with Crippen molar-refractivity contribution in [2.24, 2.45) is 0 Å². The molecule has 2 aromatic carbocycles. The summed E-state index contributed by atoms with van der Waals surface area (Å²) in [5.74, 6) is 2.32. The van der Waals surface area contributed by atoms with Gasteiger partial charge in [0.05, 0.1) is 23.1 Å². The largest absolute Gasteiger partial charge is 0.493 e. The lowest BCUT2D eigenvalue weighted by Gasteiger charge is -2.24. The lowest BCUT2D eigenvalue weighted by atomic mass is 10.2. The minimum Gasteiger partial charge on any atom is -0.493 e. The van der Waals surface area contributed by atoms with Crippen molar-refractivity contribution in [1.82, 2.24) is 15.3 Å². The van der Waals surface area contributed by atoms with E-state index < -0.39 is 6.29 Å². The van der Waals surface area contributed by atoms with Crippen LogP contribution in [0.15, 0.2) is 72.9 Å². The molecule has 12 nitrogen and oxygen atoms in total. The van der Waals surface area contributed by atoms with Gasteiger partial charge in [0.25, 0.3) is 5.91 Å². The van der Waals surface area contributed by atoms with E-state index in [1.165, 1.54) is 5.56 Å². The van der Waals surface area contributed by atoms with E-state index in [-0.39, 0.29) is 33.1 Å². The van der Waals surface area contributed by atoms with Crippen LogP contribution < -0.4 is 15.8 Å². The van der Waals surface area contributed by atoms with Gasteiger partial charge in [-0.2, -0.15) is 11.8 Å². The van der Waals surface area contributed by atoms with Gasteiger partial charge in [0.1, 0.15) is 16.1 Å². The molecule has 4 rings (SSSR count). The van der Waals surface area contributed by atoms with Crippen LogP contribution >= 0.6 is 35.7 Å². The van der Waals surface area contributed by atoms with E-state index in [1.54, 1.807) is 49.9 Å². The number of nitrogen functional groups attached to an aromatic ring is 1. The van der Waals surface area contributed by atoms with Crippen molar-refractivity contribution in [1.29, 1.82) is 0 Å². The fourth-order valence-corrected chi connectivity index (χ4v) is 5.65. The van der Waals surface area contributed by atoms with Gasteiger partial charge in [0.15, 0.2) is 6.29 Å². The third-order valence-corrected chi connectivity index (χ3v) is 8.23. The van der Waals surface area contributed by atoms with E-state index in [0.29, 0.717) is 30.3 Å². The highest BCUT2D eigenvalue weighted by atomic mass is 32.2. The molecule has 252 valence electrons. The van der Waals surface area contributed by atoms with Gasteiger partial charge in [-0.25, -0.2) is 0 Å². The van der Waals surface area contributed by atoms with E-state index in [9.17, 15) is 4.79 Å². The number of aromatic amines is 2. The third-order valence-electron chi connectivity index (χ3n) is 5.96. The van der Waals surface area contributed by atoms with E-state index in [4.69, 9.17) is 32.2 Å². The van der Waals surface area contributed by atoms with Crippen LogP contribution in [0, 0.1) is 4.64 Å². The molecule has 13 N–H and O–H groups in total. The number of amides is 1. The minimum absolute atomic E-state index is 0. The van der Waals surface area contributed by atoms with Crippen molar-refractivity contribution < 1.29 is 40.9 Å². The molecular formula is C30H46N4O8S3. The predicted octanol–water partition coefficient (Wildman–Crippen LogP) is 2.98. The number of fused-ring (bicyclic) bond motifs is 1. The number of H-pyrrole nitrogens is 2. The number of hydrogen-bond donors (Lipinski definition) is 4. The monoisotopic (exact) mass is 686 g/mol. The average Bonchev–Trinajstić information content (AvgIpc) is 3.43. The molecule has 1 unspecified atom stereocenters. The number of nitrogens with one attached hydrogen (secondary N) is 3. The van der Waals surface area contributed by atoms with E-state index >= 15 is 0 Å². The molecule has 0 saturated heterocycles. The Bertz CT molecular complexity index is 1390. The summed E-state index contributed by atoms with van der Waals surface area (Å²) in [5, 5.41) is 3.75. The smallest absolute Gasteiger partial charge is 0.267 e. The highest BCUT2D eigenvalue weighted by molar-refractivity contribution is 7.99. The molecule has 45 heavy (non-hydrogen) atoms. The lowest BCUT2D eigenvalue weighted by Crippen LogP contribution is -2.39. The average molecular weight is 687 g/mol. The second kappa shape index (κ2) is 24.2. The third kappa shape index (κ3) is 14.7. The standard InChI is InChI=1S/C25H33N3O4S2.C5H5NS.4H2O/c1-30-25(31-2)22(34-16-17-8-5-4-6-9-17)15-27-24(29)21-13-18-12-19(32-10-7-11-33-3)14-20(26)23(18)28-21;7-5-3-1-2-4-6-5;;;;/h4-6,8-9,12-14,22,25,28H,7,10-11,15-16,26H2,1-3H3,(H,27,29);1-4H,(H,6,7);4*1H2. The van der Waals surface area contributed by atoms with Gasteiger partial charge in [-0.05, 0) is 48.3 Å². The number of carbonyl (C=O) groups excluding carboxylic acids is 1. The number of benzene rings is 2. The summed E-state index contributed by atoms with van der Waals surface area (Å²) in [6, 6.07) is 21.3. The summed E-state index contributed by atoms with van der Waals surface area (Å²) in [6.45, 7) is 1.02. The van der Waals surface area contributed by atoms with Gasteiger partial charge in [0, 0.05) is 44.2 Å². The quantitative estimate of drug-likeness (QED) is 0.0663. The Morgan fingerprint density at radius 2 is 1.69 bits per heavy atom. The van der Waals surface area contributed by atoms with E-state index in [0.717, 1.165) is 33.5 Å². The number of methoxy groups -OCH3 is 2. The Kier molecular flexibility index (Phi) is 23.6. The van der Waals surface area contributed by atoms with Crippen LogP contribution in [-0.2, 0) is 15.2 Å². The zero-order valence-corrected chi connectivity index (χ0v) is 28.0. The highest BCUT2D eigenvalue weighted by Gasteiger charge is 2.23. The zero-order chi connectivity index (χ0) is 29.5. The topological polar surface area (TPSA) is 240 Å². The van der Waals surface area contributed by atoms with Crippen LogP contribution in [-0.4, -0.2) is 88.7 Å². The summed E-state index contributed by atoms with van der Waals surface area (Å²) < 4.78 is 17.6. The molecule has 0 bridgehead atoms. The number of thioether (sulfide) groups is 2. The second-order valence-electron chi connectivity index (χ2n) is 8.97. The molecule has 2 heterocycles. The first-order valence-electron chi connectivity index (χ1n) is 13.1. The molecule has 0 saturated carbocycles. The zero-order valence-electron chi connectivity index (χ0n) is 25.6. The fraction of sp³-hybridized carbons (Fsp3) is 0.333. The number of nitrogens with two attached hydrogens (primary N) is 1. The summed E-state index contributed by atoms with van der Waals surface area (Å²) in [6.07, 6.45) is 4.40. The van der Waals surface area contributed by atoms with Crippen molar-refractivity contribution in [3.05, 3.63) is 88.8 Å². The number of anilines is 1. The van der Waals surface area contributed by atoms with Gasteiger partial charge >= 0.3 is 0 Å². The van der Waals surface area contributed by atoms with Gasteiger partial charge in [-0.3, -0.25) is 4.79 Å². The molecule has 0 fully saturated rings. The molecule has 1 atom stereocenters. The molecule has 0 radical (unpaired) electrons. The van der Waals surface area contributed by atoms with Crippen LogP contribution in [0.25, 0.3) is 10.9 Å². The Hall–Kier alpha value is -3.12. The van der Waals surface area contributed by atoms with Crippen molar-refractivity contribution in [3.63, 3.8) is 0 Å². The van der Waals surface area contributed by atoms with Crippen LogP contribution in [0.2, 0.25) is 0 Å². The SMILES string of the molecule is COC(OC)C(CNC(=O)c1cc2cc(OCCCSC)cc(N)c2[nH]1)SCc1ccccc1.O.O.O.O.S=c1cccc[nH]1. The van der Waals surface area contributed by atoms with Crippen LogP contribution in [0.1, 0.15) is 22.5 Å². The van der Waals surface area contributed by atoms with Crippen molar-refractivity contribution in [2.75, 3.05) is 45.1 Å². The van der Waals surface area contributed by atoms with Gasteiger partial charge in [0.2, 0.25) is 0 Å². The van der Waals surface area contributed by atoms with E-state index in [1.807, 2.05) is 48.7 Å². The molecule has 0 aliphatic rings. The van der Waals surface area contributed by atoms with Crippen molar-refractivity contribution in [3.8, 4) is 5.75 Å². The lowest BCUT2D eigenvalue weighted by molar-refractivity contribution is -0.101. The Labute approximate surface area is 277 Å². The number of aromatic nitrogens is 2. The Morgan fingerprint density at radius 1 is 1.00 bits per heavy atom. The summed E-state index contributed by atoms with van der Waals surface area (Å²) in [4.78, 5) is 18.9. The van der Waals surface area contributed by atoms with Crippen molar-refractivity contribution in [2.45, 2.75) is 23.7 Å². The van der Waals surface area contributed by atoms with Crippen LogP contribution in [0.5, 0.6) is 5.75 Å². The Balaban J connectivity index is 0. The summed E-state index contributed by atoms with van der Waals surface area (Å²) in [5.41, 5.74) is 9.13. The maximum absolute atomic E-state index is 12.9.